The van der Waals surface area contributed by atoms with Gasteiger partial charge in [0.1, 0.15) is 11.6 Å². The second kappa shape index (κ2) is 17.0. The van der Waals surface area contributed by atoms with E-state index in [1.807, 2.05) is 60.8 Å². The van der Waals surface area contributed by atoms with Crippen LogP contribution in [-0.2, 0) is 26.5 Å². The third kappa shape index (κ3) is 7.89. The first-order chi connectivity index (χ1) is 31.2. The first-order valence-electron chi connectivity index (χ1n) is 21.5. The molecule has 0 bridgehead atoms. The molecule has 8 aromatic carbocycles. The maximum atomic E-state index is 14.1. The Kier molecular flexibility index (Phi) is 10.9. The smallest absolute Gasteiger partial charge is 0.135 e. The van der Waals surface area contributed by atoms with E-state index in [9.17, 15) is 4.39 Å². The summed E-state index contributed by atoms with van der Waals surface area (Å²) in [5.41, 5.74) is 13.0. The van der Waals surface area contributed by atoms with E-state index in [4.69, 9.17) is 9.72 Å². The van der Waals surface area contributed by atoms with Crippen LogP contribution in [0.5, 0.6) is 11.5 Å². The molecule has 0 saturated carbocycles. The zero-order valence-corrected chi connectivity index (χ0v) is 38.2. The molecule has 1 aliphatic rings. The molecule has 0 amide bonds. The van der Waals surface area contributed by atoms with Crippen LogP contribution in [-0.4, -0.2) is 9.55 Å². The molecular weight excluding hydrogens is 983 g/mol. The molecule has 0 saturated heterocycles. The number of pyridine rings is 1. The summed E-state index contributed by atoms with van der Waals surface area (Å²) >= 11 is 0. The molecule has 0 N–H and O–H groups in total. The fourth-order valence-electron chi connectivity index (χ4n) is 8.72. The summed E-state index contributed by atoms with van der Waals surface area (Å²) in [4.78, 5) is 9.22. The Morgan fingerprint density at radius 1 is 0.538 bits per heavy atom. The largest absolute Gasteiger partial charge is 0.509 e. The zero-order chi connectivity index (χ0) is 43.4. The van der Waals surface area contributed by atoms with E-state index in [0.29, 0.717) is 11.5 Å². The van der Waals surface area contributed by atoms with Crippen molar-refractivity contribution in [3.63, 3.8) is 0 Å². The number of anilines is 4. The molecule has 11 rings (SSSR count). The van der Waals surface area contributed by atoms with Gasteiger partial charge in [0, 0.05) is 66.9 Å². The zero-order valence-electron chi connectivity index (χ0n) is 35.9. The van der Waals surface area contributed by atoms with Gasteiger partial charge in [-0.05, 0) is 87.1 Å². The van der Waals surface area contributed by atoms with Gasteiger partial charge < -0.3 is 19.1 Å². The molecule has 1 aliphatic heterocycles. The number of para-hydroxylation sites is 4. The Morgan fingerprint density at radius 3 is 1.92 bits per heavy atom. The minimum absolute atomic E-state index is 0. The van der Waals surface area contributed by atoms with Crippen molar-refractivity contribution < 1.29 is 30.2 Å². The molecular formula is C58H42FN4OPt-3. The molecule has 5 nitrogen and oxygen atoms in total. The minimum Gasteiger partial charge on any atom is -0.509 e. The van der Waals surface area contributed by atoms with Crippen LogP contribution in [0.1, 0.15) is 26.3 Å². The van der Waals surface area contributed by atoms with Crippen molar-refractivity contribution in [3.05, 3.63) is 224 Å². The fourth-order valence-corrected chi connectivity index (χ4v) is 8.72. The summed E-state index contributed by atoms with van der Waals surface area (Å²) in [6.07, 6.45) is 1.89. The Balaban J connectivity index is 0.00000498. The van der Waals surface area contributed by atoms with Gasteiger partial charge in [-0.1, -0.05) is 142 Å². The van der Waals surface area contributed by atoms with Crippen LogP contribution in [0, 0.1) is 24.6 Å². The second-order valence-corrected chi connectivity index (χ2v) is 17.1. The van der Waals surface area contributed by atoms with Crippen molar-refractivity contribution in [2.24, 2.45) is 0 Å². The van der Waals surface area contributed by atoms with Gasteiger partial charge in [0.25, 0.3) is 0 Å². The molecule has 0 aliphatic carbocycles. The topological polar surface area (TPSA) is 33.5 Å². The summed E-state index contributed by atoms with van der Waals surface area (Å²) in [6.45, 7) is 8.75. The van der Waals surface area contributed by atoms with Crippen molar-refractivity contribution in [2.45, 2.75) is 26.2 Å². The van der Waals surface area contributed by atoms with Gasteiger partial charge in [-0.25, -0.2) is 9.37 Å². The van der Waals surface area contributed by atoms with E-state index in [0.717, 1.165) is 83.8 Å². The van der Waals surface area contributed by atoms with E-state index in [1.165, 1.54) is 17.7 Å². The molecule has 0 unspecified atom stereocenters. The number of ether oxygens (including phenoxy) is 1. The Labute approximate surface area is 393 Å². The van der Waals surface area contributed by atoms with Gasteiger partial charge in [0.05, 0.1) is 0 Å². The number of nitrogens with zero attached hydrogens (tertiary/aromatic N) is 4. The molecule has 65 heavy (non-hydrogen) atoms. The van der Waals surface area contributed by atoms with Crippen LogP contribution < -0.4 is 14.5 Å². The minimum atomic E-state index is -0.267. The molecule has 2 aromatic heterocycles. The monoisotopic (exact) mass is 1020 g/mol. The molecule has 7 heteroatoms. The van der Waals surface area contributed by atoms with E-state index < -0.39 is 0 Å². The second-order valence-electron chi connectivity index (χ2n) is 17.1. The summed E-state index contributed by atoms with van der Waals surface area (Å²) in [7, 11) is 0. The number of benzene rings is 8. The van der Waals surface area contributed by atoms with E-state index in [2.05, 4.69) is 175 Å². The number of hydrogen-bond acceptors (Lipinski definition) is 4. The van der Waals surface area contributed by atoms with Crippen LogP contribution in [0.4, 0.5) is 27.1 Å². The standard InChI is InChI=1S/C58H42FN4O.Pt/c1-58(2,3)44-31-32-60-57(35-44)63-53-18-10-8-16-50(53)51-30-29-47(37-56(51)63)64-48-34-43(41-23-21-40(22-24-41)39-13-5-4-6-14-39)33-46(36-48)61-38-62(55-20-12-11-19-54(55)61)52-17-9-7-15-49(52)42-25-27-45(59)28-26-42;/h4-35,38H,1-3H3;/q-3;. The SMILES string of the molecule is CC(C)(C)c1ccnc(-n2c3[c-]c(Oc4[c-]c(N5[CH-]N(c6ccccc6-c6ccc(F)cc6)c6ccccc65)cc(-c5ccc(-c6ccccc6)cc5)c4)ccc3c3ccccc32)c1.[Pt]. The summed E-state index contributed by atoms with van der Waals surface area (Å²) in [6, 6.07) is 70.6. The van der Waals surface area contributed by atoms with Crippen molar-refractivity contribution >= 4 is 44.6 Å². The summed E-state index contributed by atoms with van der Waals surface area (Å²) in [5, 5.41) is 2.18. The van der Waals surface area contributed by atoms with Crippen molar-refractivity contribution in [1.29, 1.82) is 0 Å². The van der Waals surface area contributed by atoms with Crippen LogP contribution in [0.15, 0.2) is 194 Å². The van der Waals surface area contributed by atoms with Gasteiger partial charge in [0.2, 0.25) is 0 Å². The van der Waals surface area contributed by atoms with Crippen LogP contribution in [0.3, 0.4) is 0 Å². The Bertz CT molecular complexity index is 3340. The Hall–Kier alpha value is -7.27. The van der Waals surface area contributed by atoms with Gasteiger partial charge >= 0.3 is 0 Å². The first kappa shape index (κ1) is 41.7. The van der Waals surface area contributed by atoms with Crippen molar-refractivity contribution in [2.75, 3.05) is 9.80 Å². The Morgan fingerprint density at radius 2 is 1.17 bits per heavy atom. The van der Waals surface area contributed by atoms with Gasteiger partial charge in [-0.3, -0.25) is 0 Å². The fraction of sp³-hybridized carbons (Fsp3) is 0.0690. The third-order valence-electron chi connectivity index (χ3n) is 12.0. The molecule has 10 aromatic rings. The molecule has 0 spiro atoms. The number of aromatic nitrogens is 2. The average molecular weight is 1030 g/mol. The molecule has 0 radical (unpaired) electrons. The van der Waals surface area contributed by atoms with Crippen LogP contribution in [0.2, 0.25) is 0 Å². The molecule has 0 atom stereocenters. The van der Waals surface area contributed by atoms with Crippen LogP contribution in [0.25, 0.3) is 61.0 Å². The van der Waals surface area contributed by atoms with E-state index in [1.54, 1.807) is 0 Å². The van der Waals surface area contributed by atoms with E-state index in [-0.39, 0.29) is 32.3 Å². The average Bonchev–Trinajstić information content (AvgIpc) is 3.88. The molecule has 0 fully saturated rings. The van der Waals surface area contributed by atoms with E-state index >= 15 is 0 Å². The number of fused-ring (bicyclic) bond motifs is 4. The predicted octanol–water partition coefficient (Wildman–Crippen LogP) is 15.4. The maximum absolute atomic E-state index is 14.1. The number of rotatable bonds is 8. The number of hydrogen-bond donors (Lipinski definition) is 0. The maximum Gasteiger partial charge on any atom is 0.135 e. The van der Waals surface area contributed by atoms with Crippen molar-refractivity contribution in [1.82, 2.24) is 9.55 Å². The molecule has 320 valence electrons. The summed E-state index contributed by atoms with van der Waals surface area (Å²) < 4.78 is 23.1. The quantitative estimate of drug-likeness (QED) is 0.142. The predicted molar refractivity (Wildman–Crippen MR) is 259 cm³/mol. The number of halogens is 1. The van der Waals surface area contributed by atoms with Gasteiger partial charge in [0.15, 0.2) is 0 Å². The summed E-state index contributed by atoms with van der Waals surface area (Å²) in [5.74, 6) is 1.66. The van der Waals surface area contributed by atoms with Crippen molar-refractivity contribution in [3.8, 4) is 50.7 Å². The molecule has 3 heterocycles. The first-order valence-corrected chi connectivity index (χ1v) is 21.5. The van der Waals surface area contributed by atoms with Gasteiger partial charge in [-0.2, -0.15) is 6.07 Å². The van der Waals surface area contributed by atoms with Gasteiger partial charge in [-0.15, -0.1) is 53.6 Å². The normalized spacial score (nSPS) is 12.4. The third-order valence-corrected chi connectivity index (χ3v) is 12.0. The van der Waals surface area contributed by atoms with Crippen LogP contribution >= 0.6 is 0 Å².